The van der Waals surface area contributed by atoms with Crippen LogP contribution in [0.5, 0.6) is 0 Å². The number of anilines is 1. The largest absolute Gasteiger partial charge is 0.481 e. The smallest absolute Gasteiger partial charge is 0.325 e. The third-order valence-electron chi connectivity index (χ3n) is 2.64. The average molecular weight is 404 g/mol. The molecule has 0 aliphatic carbocycles. The number of carbonyl (C=O) groups excluding carboxylic acids is 2. The zero-order valence-electron chi connectivity index (χ0n) is 11.8. The van der Waals surface area contributed by atoms with Crippen LogP contribution >= 0.6 is 22.6 Å². The van der Waals surface area contributed by atoms with Crippen molar-refractivity contribution in [2.45, 2.75) is 26.7 Å². The Labute approximate surface area is 136 Å². The lowest BCUT2D eigenvalue weighted by atomic mass is 9.85. The third kappa shape index (κ3) is 6.56. The van der Waals surface area contributed by atoms with Crippen LogP contribution < -0.4 is 10.6 Å². The van der Waals surface area contributed by atoms with E-state index >= 15 is 0 Å². The molecule has 0 fully saturated rings. The first-order chi connectivity index (χ1) is 9.69. The van der Waals surface area contributed by atoms with Crippen molar-refractivity contribution in [1.82, 2.24) is 5.32 Å². The SMILES string of the molecule is CC(C)(CC(=O)O)CC(=O)NC(=O)Nc1ccccc1I. The number of carbonyl (C=O) groups is 3. The Bertz CT molecular complexity index is 558. The number of hydrogen-bond acceptors (Lipinski definition) is 3. The lowest BCUT2D eigenvalue weighted by Gasteiger charge is -2.21. The number of halogens is 1. The lowest BCUT2D eigenvalue weighted by Crippen LogP contribution is -2.37. The number of carboxylic acid groups (broad SMARTS) is 1. The minimum absolute atomic E-state index is 0.0431. The van der Waals surface area contributed by atoms with Crippen LogP contribution in [0.4, 0.5) is 10.5 Å². The van der Waals surface area contributed by atoms with Gasteiger partial charge in [-0.25, -0.2) is 4.79 Å². The quantitative estimate of drug-likeness (QED) is 0.658. The molecule has 1 aromatic carbocycles. The molecule has 0 atom stereocenters. The van der Waals surface area contributed by atoms with Gasteiger partial charge in [-0.15, -0.1) is 0 Å². The number of amides is 3. The summed E-state index contributed by atoms with van der Waals surface area (Å²) in [7, 11) is 0. The van der Waals surface area contributed by atoms with Crippen LogP contribution in [0.15, 0.2) is 24.3 Å². The second-order valence-electron chi connectivity index (χ2n) is 5.39. The van der Waals surface area contributed by atoms with Gasteiger partial charge in [-0.3, -0.25) is 14.9 Å². The average Bonchev–Trinajstić information content (AvgIpc) is 2.28. The molecule has 3 N–H and O–H groups in total. The van der Waals surface area contributed by atoms with Gasteiger partial charge in [-0.2, -0.15) is 0 Å². The van der Waals surface area contributed by atoms with Gasteiger partial charge in [0.15, 0.2) is 0 Å². The van der Waals surface area contributed by atoms with Gasteiger partial charge in [0.1, 0.15) is 0 Å². The van der Waals surface area contributed by atoms with Crippen molar-refractivity contribution in [2.24, 2.45) is 5.41 Å². The van der Waals surface area contributed by atoms with Crippen LogP contribution in [0, 0.1) is 8.99 Å². The molecule has 0 saturated heterocycles. The molecule has 0 spiro atoms. The molecule has 3 amide bonds. The van der Waals surface area contributed by atoms with E-state index in [0.717, 1.165) is 3.57 Å². The maximum Gasteiger partial charge on any atom is 0.325 e. The molecule has 1 rings (SSSR count). The molecular weight excluding hydrogens is 387 g/mol. The number of hydrogen-bond donors (Lipinski definition) is 3. The van der Waals surface area contributed by atoms with Gasteiger partial charge in [0.25, 0.3) is 0 Å². The van der Waals surface area contributed by atoms with Crippen LogP contribution in [-0.2, 0) is 9.59 Å². The van der Waals surface area contributed by atoms with Crippen LogP contribution in [0.25, 0.3) is 0 Å². The predicted molar refractivity (Wildman–Crippen MR) is 87.0 cm³/mol. The number of rotatable bonds is 5. The number of para-hydroxylation sites is 1. The maximum absolute atomic E-state index is 11.8. The standard InChI is InChI=1S/C14H17IN2O4/c1-14(2,8-12(19)20)7-11(18)17-13(21)16-10-6-4-3-5-9(10)15/h3-6H,7-8H2,1-2H3,(H,19,20)(H2,16,17,18,21). The summed E-state index contributed by atoms with van der Waals surface area (Å²) in [5.74, 6) is -1.49. The van der Waals surface area contributed by atoms with E-state index in [1.807, 2.05) is 12.1 Å². The monoisotopic (exact) mass is 404 g/mol. The molecule has 7 heteroatoms. The van der Waals surface area contributed by atoms with Crippen molar-refractivity contribution in [1.29, 1.82) is 0 Å². The molecular formula is C14H17IN2O4. The van der Waals surface area contributed by atoms with Gasteiger partial charge in [-0.05, 0) is 40.1 Å². The summed E-state index contributed by atoms with van der Waals surface area (Å²) < 4.78 is 0.851. The zero-order valence-corrected chi connectivity index (χ0v) is 13.9. The van der Waals surface area contributed by atoms with Crippen molar-refractivity contribution in [3.63, 3.8) is 0 Å². The Morgan fingerprint density at radius 2 is 1.81 bits per heavy atom. The van der Waals surface area contributed by atoms with Crippen LogP contribution in [0.1, 0.15) is 26.7 Å². The van der Waals surface area contributed by atoms with Gasteiger partial charge in [0, 0.05) is 9.99 Å². The van der Waals surface area contributed by atoms with E-state index in [4.69, 9.17) is 5.11 Å². The Morgan fingerprint density at radius 1 is 1.19 bits per heavy atom. The van der Waals surface area contributed by atoms with Crippen molar-refractivity contribution >= 4 is 46.2 Å². The molecule has 0 radical (unpaired) electrons. The number of imide groups is 1. The molecule has 0 unspecified atom stereocenters. The van der Waals surface area contributed by atoms with Crippen molar-refractivity contribution in [3.05, 3.63) is 27.8 Å². The molecule has 0 bridgehead atoms. The van der Waals surface area contributed by atoms with Crippen molar-refractivity contribution in [2.75, 3.05) is 5.32 Å². The van der Waals surface area contributed by atoms with Crippen LogP contribution in [0.2, 0.25) is 0 Å². The summed E-state index contributed by atoms with van der Waals surface area (Å²) in [6, 6.07) is 6.53. The highest BCUT2D eigenvalue weighted by molar-refractivity contribution is 14.1. The number of benzene rings is 1. The molecule has 1 aromatic rings. The Hall–Kier alpha value is -1.64. The van der Waals surface area contributed by atoms with Crippen LogP contribution in [0.3, 0.4) is 0 Å². The summed E-state index contributed by atoms with van der Waals surface area (Å²) in [6.07, 6.45) is -0.183. The summed E-state index contributed by atoms with van der Waals surface area (Å²) >= 11 is 2.07. The first-order valence-corrected chi connectivity index (χ1v) is 7.35. The topological polar surface area (TPSA) is 95.5 Å². The molecule has 6 nitrogen and oxygen atoms in total. The fourth-order valence-electron chi connectivity index (χ4n) is 1.79. The van der Waals surface area contributed by atoms with E-state index in [1.165, 1.54) is 0 Å². The van der Waals surface area contributed by atoms with E-state index in [0.29, 0.717) is 5.69 Å². The molecule has 0 saturated carbocycles. The zero-order chi connectivity index (χ0) is 16.0. The number of urea groups is 1. The highest BCUT2D eigenvalue weighted by Gasteiger charge is 2.26. The van der Waals surface area contributed by atoms with Crippen molar-refractivity contribution < 1.29 is 19.5 Å². The summed E-state index contributed by atoms with van der Waals surface area (Å²) in [5.41, 5.74) is -0.106. The molecule has 21 heavy (non-hydrogen) atoms. The van der Waals surface area contributed by atoms with Gasteiger partial charge >= 0.3 is 12.0 Å². The third-order valence-corrected chi connectivity index (χ3v) is 3.58. The highest BCUT2D eigenvalue weighted by Crippen LogP contribution is 2.24. The highest BCUT2D eigenvalue weighted by atomic mass is 127. The fraction of sp³-hybridized carbons (Fsp3) is 0.357. The first-order valence-electron chi connectivity index (χ1n) is 6.27. The summed E-state index contributed by atoms with van der Waals surface area (Å²) in [6.45, 7) is 3.33. The number of aliphatic carboxylic acids is 1. The Kier molecular flexibility index (Phi) is 6.13. The molecule has 114 valence electrons. The number of carboxylic acids is 1. The van der Waals surface area contributed by atoms with Gasteiger partial charge in [-0.1, -0.05) is 26.0 Å². The summed E-state index contributed by atoms with van der Waals surface area (Å²) in [4.78, 5) is 34.2. The van der Waals surface area contributed by atoms with E-state index < -0.39 is 23.3 Å². The van der Waals surface area contributed by atoms with Crippen LogP contribution in [-0.4, -0.2) is 23.0 Å². The first kappa shape index (κ1) is 17.4. The number of nitrogens with one attached hydrogen (secondary N) is 2. The van der Waals surface area contributed by atoms with Gasteiger partial charge < -0.3 is 10.4 Å². The molecule has 0 aromatic heterocycles. The minimum atomic E-state index is -0.976. The molecule has 0 aliphatic heterocycles. The van der Waals surface area contributed by atoms with Gasteiger partial charge in [0.05, 0.1) is 12.1 Å². The lowest BCUT2D eigenvalue weighted by molar-refractivity contribution is -0.139. The molecule has 0 aliphatic rings. The Balaban J connectivity index is 2.53. The summed E-state index contributed by atoms with van der Waals surface area (Å²) in [5, 5.41) is 13.5. The second-order valence-corrected chi connectivity index (χ2v) is 6.56. The predicted octanol–water partition coefficient (Wildman–Crippen LogP) is 2.83. The van der Waals surface area contributed by atoms with E-state index in [1.54, 1.807) is 26.0 Å². The van der Waals surface area contributed by atoms with E-state index in [-0.39, 0.29) is 12.8 Å². The normalized spacial score (nSPS) is 10.8. The Morgan fingerprint density at radius 3 is 2.38 bits per heavy atom. The van der Waals surface area contributed by atoms with E-state index in [9.17, 15) is 14.4 Å². The molecule has 0 heterocycles. The van der Waals surface area contributed by atoms with Gasteiger partial charge in [0.2, 0.25) is 5.91 Å². The second kappa shape index (κ2) is 7.39. The minimum Gasteiger partial charge on any atom is -0.481 e. The van der Waals surface area contributed by atoms with E-state index in [2.05, 4.69) is 33.2 Å². The maximum atomic E-state index is 11.8. The van der Waals surface area contributed by atoms with Crippen molar-refractivity contribution in [3.8, 4) is 0 Å². The fourth-order valence-corrected chi connectivity index (χ4v) is 2.32.